The third-order valence-corrected chi connectivity index (χ3v) is 5.66. The fourth-order valence-electron chi connectivity index (χ4n) is 3.72. The van der Waals surface area contributed by atoms with Crippen LogP contribution in [0.2, 0.25) is 5.02 Å². The zero-order valence-corrected chi connectivity index (χ0v) is 19.3. The molecule has 0 saturated heterocycles. The van der Waals surface area contributed by atoms with Crippen LogP contribution in [-0.4, -0.2) is 29.3 Å². The van der Waals surface area contributed by atoms with Crippen molar-refractivity contribution in [1.82, 2.24) is 9.13 Å². The summed E-state index contributed by atoms with van der Waals surface area (Å²) in [4.78, 5) is 39.4. The normalized spacial score (nSPS) is 10.8. The number of nitrogens with zero attached hydrogens (tertiary/aromatic N) is 2. The van der Waals surface area contributed by atoms with Gasteiger partial charge in [0.15, 0.2) is 0 Å². The molecule has 1 heterocycles. The average molecular weight is 480 g/mol. The fraction of sp³-hybridized carbons (Fsp3) is 0.160. The second-order valence-electron chi connectivity index (χ2n) is 7.50. The van der Waals surface area contributed by atoms with Crippen LogP contribution in [0.15, 0.2) is 76.3 Å². The molecule has 0 aliphatic heterocycles. The van der Waals surface area contributed by atoms with Gasteiger partial charge in [-0.25, -0.2) is 4.79 Å². The predicted molar refractivity (Wildman–Crippen MR) is 131 cm³/mol. The number of hydrogen-bond donors (Lipinski definition) is 1. The van der Waals surface area contributed by atoms with Gasteiger partial charge in [0.25, 0.3) is 5.56 Å². The summed E-state index contributed by atoms with van der Waals surface area (Å²) in [7, 11) is 2.93. The zero-order chi connectivity index (χ0) is 24.2. The molecule has 0 unspecified atom stereocenters. The lowest BCUT2D eigenvalue weighted by molar-refractivity contribution is -0.116. The van der Waals surface area contributed by atoms with Crippen LogP contribution in [0.3, 0.4) is 0 Å². The molecule has 174 valence electrons. The second kappa shape index (κ2) is 9.84. The number of carbonyl (C=O) groups is 1. The van der Waals surface area contributed by atoms with Gasteiger partial charge in [0.05, 0.1) is 42.4 Å². The summed E-state index contributed by atoms with van der Waals surface area (Å²) in [5.41, 5.74) is 0.502. The van der Waals surface area contributed by atoms with Crippen molar-refractivity contribution in [3.05, 3.63) is 98.2 Å². The third kappa shape index (κ3) is 4.53. The van der Waals surface area contributed by atoms with Crippen LogP contribution in [0.25, 0.3) is 10.9 Å². The number of carbonyl (C=O) groups excluding carboxylic acids is 1. The number of methoxy groups -OCH3 is 2. The van der Waals surface area contributed by atoms with Crippen molar-refractivity contribution in [2.45, 2.75) is 13.1 Å². The molecule has 0 spiro atoms. The second-order valence-corrected chi connectivity index (χ2v) is 7.91. The number of hydrogen-bond acceptors (Lipinski definition) is 5. The summed E-state index contributed by atoms with van der Waals surface area (Å²) >= 11 is 6.20. The van der Waals surface area contributed by atoms with Gasteiger partial charge >= 0.3 is 5.69 Å². The molecular weight excluding hydrogens is 458 g/mol. The van der Waals surface area contributed by atoms with Crippen molar-refractivity contribution in [2.75, 3.05) is 19.5 Å². The minimum atomic E-state index is -0.581. The number of fused-ring (bicyclic) bond motifs is 1. The molecule has 0 bridgehead atoms. The van der Waals surface area contributed by atoms with Crippen molar-refractivity contribution in [3.63, 3.8) is 0 Å². The molecule has 4 aromatic rings. The molecule has 0 fully saturated rings. The first-order valence-electron chi connectivity index (χ1n) is 10.4. The molecule has 8 nitrogen and oxygen atoms in total. The van der Waals surface area contributed by atoms with Gasteiger partial charge in [-0.2, -0.15) is 0 Å². The molecule has 0 saturated carbocycles. The minimum Gasteiger partial charge on any atom is -0.495 e. The van der Waals surface area contributed by atoms with Crippen LogP contribution in [0, 0.1) is 0 Å². The maximum Gasteiger partial charge on any atom is 0.332 e. The molecule has 1 amide bonds. The van der Waals surface area contributed by atoms with Crippen LogP contribution in [0.5, 0.6) is 11.5 Å². The van der Waals surface area contributed by atoms with Gasteiger partial charge in [0, 0.05) is 6.07 Å². The minimum absolute atomic E-state index is 0.0901. The Bertz CT molecular complexity index is 1480. The highest BCUT2D eigenvalue weighted by atomic mass is 35.5. The van der Waals surface area contributed by atoms with Crippen LogP contribution in [0.1, 0.15) is 5.56 Å². The molecule has 1 N–H and O–H groups in total. The van der Waals surface area contributed by atoms with E-state index in [-0.39, 0.29) is 18.1 Å². The Morgan fingerprint density at radius 3 is 2.29 bits per heavy atom. The van der Waals surface area contributed by atoms with Crippen LogP contribution in [0.4, 0.5) is 5.69 Å². The fourth-order valence-corrected chi connectivity index (χ4v) is 3.96. The summed E-state index contributed by atoms with van der Waals surface area (Å²) in [6.07, 6.45) is 0. The Morgan fingerprint density at radius 1 is 0.912 bits per heavy atom. The zero-order valence-electron chi connectivity index (χ0n) is 18.6. The molecule has 9 heteroatoms. The quantitative estimate of drug-likeness (QED) is 0.438. The monoisotopic (exact) mass is 479 g/mol. The number of para-hydroxylation sites is 1. The molecule has 3 aromatic carbocycles. The third-order valence-electron chi connectivity index (χ3n) is 5.37. The van der Waals surface area contributed by atoms with E-state index in [0.29, 0.717) is 28.1 Å². The predicted octanol–water partition coefficient (Wildman–Crippen LogP) is 3.52. The van der Waals surface area contributed by atoms with Crippen LogP contribution >= 0.6 is 11.6 Å². The number of amides is 1. The summed E-state index contributed by atoms with van der Waals surface area (Å²) in [6.45, 7) is -0.228. The number of benzene rings is 3. The Labute approximate surface area is 199 Å². The number of aromatic nitrogens is 2. The number of anilines is 1. The Balaban J connectivity index is 1.73. The van der Waals surface area contributed by atoms with Gasteiger partial charge in [-0.15, -0.1) is 0 Å². The van der Waals surface area contributed by atoms with E-state index >= 15 is 0 Å². The molecule has 1 aromatic heterocycles. The van der Waals surface area contributed by atoms with Crippen molar-refractivity contribution in [3.8, 4) is 11.5 Å². The molecule has 0 radical (unpaired) electrons. The number of ether oxygens (including phenoxy) is 2. The molecule has 34 heavy (non-hydrogen) atoms. The van der Waals surface area contributed by atoms with E-state index in [4.69, 9.17) is 21.1 Å². The molecule has 0 atom stereocenters. The van der Waals surface area contributed by atoms with E-state index < -0.39 is 17.2 Å². The Hall–Kier alpha value is -4.04. The number of rotatable bonds is 7. The average Bonchev–Trinajstić information content (AvgIpc) is 2.85. The van der Waals surface area contributed by atoms with E-state index in [1.807, 2.05) is 30.3 Å². The van der Waals surface area contributed by atoms with Gasteiger partial charge in [0.1, 0.15) is 18.0 Å². The number of nitrogens with one attached hydrogen (secondary N) is 1. The van der Waals surface area contributed by atoms with Gasteiger partial charge in [-0.3, -0.25) is 18.7 Å². The topological polar surface area (TPSA) is 91.6 Å². The highest BCUT2D eigenvalue weighted by Crippen LogP contribution is 2.35. The summed E-state index contributed by atoms with van der Waals surface area (Å²) < 4.78 is 12.9. The summed E-state index contributed by atoms with van der Waals surface area (Å²) in [5, 5.41) is 3.36. The molecular formula is C25H22ClN3O5. The lowest BCUT2D eigenvalue weighted by atomic mass is 10.2. The van der Waals surface area contributed by atoms with E-state index in [2.05, 4.69) is 5.32 Å². The standard InChI is InChI=1S/C25H22ClN3O5/c1-33-21-13-22(34-2)19(12-18(21)26)27-23(30)15-28-20-11-7-6-10-17(20)24(31)29(25(28)32)14-16-8-4-3-5-9-16/h3-13H,14-15H2,1-2H3,(H,27,30). The van der Waals surface area contributed by atoms with Crippen molar-refractivity contribution in [2.24, 2.45) is 0 Å². The molecule has 0 aliphatic carbocycles. The maximum absolute atomic E-state index is 13.3. The first kappa shape index (κ1) is 23.1. The summed E-state index contributed by atoms with van der Waals surface area (Å²) in [5.74, 6) is 0.254. The highest BCUT2D eigenvalue weighted by Gasteiger charge is 2.17. The van der Waals surface area contributed by atoms with Gasteiger partial charge in [-0.1, -0.05) is 54.1 Å². The van der Waals surface area contributed by atoms with E-state index in [0.717, 1.165) is 10.1 Å². The molecule has 4 rings (SSSR count). The first-order valence-corrected chi connectivity index (χ1v) is 10.8. The van der Waals surface area contributed by atoms with Crippen molar-refractivity contribution >= 4 is 34.1 Å². The summed E-state index contributed by atoms with van der Waals surface area (Å²) in [6, 6.07) is 19.0. The van der Waals surface area contributed by atoms with Crippen LogP contribution in [-0.2, 0) is 17.9 Å². The largest absolute Gasteiger partial charge is 0.495 e. The smallest absolute Gasteiger partial charge is 0.332 e. The first-order chi connectivity index (χ1) is 16.4. The van der Waals surface area contributed by atoms with Gasteiger partial charge < -0.3 is 14.8 Å². The van der Waals surface area contributed by atoms with E-state index in [1.54, 1.807) is 30.3 Å². The highest BCUT2D eigenvalue weighted by molar-refractivity contribution is 6.32. The maximum atomic E-state index is 13.3. The van der Waals surface area contributed by atoms with Crippen LogP contribution < -0.4 is 26.0 Å². The Kier molecular flexibility index (Phi) is 6.70. The van der Waals surface area contributed by atoms with Crippen molar-refractivity contribution < 1.29 is 14.3 Å². The lowest BCUT2D eigenvalue weighted by Crippen LogP contribution is -2.42. The van der Waals surface area contributed by atoms with E-state index in [9.17, 15) is 14.4 Å². The van der Waals surface area contributed by atoms with Crippen molar-refractivity contribution in [1.29, 1.82) is 0 Å². The van der Waals surface area contributed by atoms with Gasteiger partial charge in [0.2, 0.25) is 5.91 Å². The Morgan fingerprint density at radius 2 is 1.59 bits per heavy atom. The van der Waals surface area contributed by atoms with E-state index in [1.165, 1.54) is 24.9 Å². The molecule has 0 aliphatic rings. The van der Waals surface area contributed by atoms with Gasteiger partial charge in [-0.05, 0) is 23.8 Å². The SMILES string of the molecule is COc1cc(OC)c(NC(=O)Cn2c(=O)n(Cc3ccccc3)c(=O)c3ccccc32)cc1Cl. The number of halogens is 1. The lowest BCUT2D eigenvalue weighted by Gasteiger charge is -2.16.